The third-order valence-corrected chi connectivity index (χ3v) is 8.35. The molecule has 1 aromatic heterocycles. The molecule has 1 atom stereocenters. The molecule has 2 aliphatic rings. The molecular weight excluding hydrogens is 450 g/mol. The van der Waals surface area contributed by atoms with Crippen LogP contribution in [0.25, 0.3) is 11.0 Å². The van der Waals surface area contributed by atoms with Crippen LogP contribution in [0.1, 0.15) is 103 Å². The Morgan fingerprint density at radius 2 is 1.84 bits per heavy atom. The zero-order valence-corrected chi connectivity index (χ0v) is 21.0. The van der Waals surface area contributed by atoms with Gasteiger partial charge < -0.3 is 9.47 Å². The normalized spacial score (nSPS) is 23.7. The Morgan fingerprint density at radius 1 is 1.13 bits per heavy atom. The maximum Gasteiger partial charge on any atom is 0.245 e. The number of likely N-dealkylation sites (N-methyl/N-ethyl adjacent to an activating group) is 1. The number of halogens is 1. The van der Waals surface area contributed by atoms with Gasteiger partial charge in [-0.3, -0.25) is 4.79 Å². The minimum atomic E-state index is -0.222. The molecule has 5 heteroatoms. The number of aromatic nitrogens is 2. The van der Waals surface area contributed by atoms with E-state index >= 15 is 0 Å². The van der Waals surface area contributed by atoms with Crippen LogP contribution in [0.15, 0.2) is 22.7 Å². The molecule has 2 aromatic rings. The summed E-state index contributed by atoms with van der Waals surface area (Å²) >= 11 is 3.64. The van der Waals surface area contributed by atoms with Crippen molar-refractivity contribution in [1.29, 1.82) is 0 Å². The molecule has 170 valence electrons. The first-order chi connectivity index (χ1) is 15.0. The van der Waals surface area contributed by atoms with Crippen molar-refractivity contribution in [2.45, 2.75) is 103 Å². The highest BCUT2D eigenvalue weighted by Gasteiger charge is 2.33. The first-order valence-electron chi connectivity index (χ1n) is 12.5. The van der Waals surface area contributed by atoms with E-state index in [1.165, 1.54) is 51.4 Å². The lowest BCUT2D eigenvalue weighted by molar-refractivity contribution is -0.137. The molecule has 0 aliphatic heterocycles. The van der Waals surface area contributed by atoms with E-state index in [4.69, 9.17) is 4.98 Å². The fourth-order valence-corrected chi connectivity index (χ4v) is 6.29. The van der Waals surface area contributed by atoms with Crippen molar-refractivity contribution in [2.24, 2.45) is 5.92 Å². The molecule has 31 heavy (non-hydrogen) atoms. The van der Waals surface area contributed by atoms with Crippen LogP contribution in [-0.4, -0.2) is 32.9 Å². The second-order valence-corrected chi connectivity index (χ2v) is 10.6. The van der Waals surface area contributed by atoms with Gasteiger partial charge in [0.15, 0.2) is 0 Å². The number of hydrogen-bond acceptors (Lipinski definition) is 2. The minimum absolute atomic E-state index is 0.222. The fraction of sp³-hybridized carbons (Fsp3) is 0.692. The van der Waals surface area contributed by atoms with E-state index in [1.54, 1.807) is 0 Å². The van der Waals surface area contributed by atoms with Gasteiger partial charge in [0, 0.05) is 23.0 Å². The molecule has 1 unspecified atom stereocenters. The highest BCUT2D eigenvalue weighted by molar-refractivity contribution is 9.10. The van der Waals surface area contributed by atoms with Crippen LogP contribution in [0.4, 0.5) is 0 Å². The predicted molar refractivity (Wildman–Crippen MR) is 131 cm³/mol. The zero-order valence-electron chi connectivity index (χ0n) is 19.4. The Labute approximate surface area is 195 Å². The van der Waals surface area contributed by atoms with Crippen molar-refractivity contribution in [3.63, 3.8) is 0 Å². The maximum atomic E-state index is 13.8. The van der Waals surface area contributed by atoms with Gasteiger partial charge in [-0.2, -0.15) is 0 Å². The number of amides is 1. The Balaban J connectivity index is 1.68. The molecule has 1 aromatic carbocycles. The Kier molecular flexibility index (Phi) is 7.40. The number of hydrogen-bond donors (Lipinski definition) is 0. The summed E-state index contributed by atoms with van der Waals surface area (Å²) in [6.07, 6.45) is 12.3. The van der Waals surface area contributed by atoms with Crippen LogP contribution in [0, 0.1) is 5.92 Å². The fourth-order valence-electron chi connectivity index (χ4n) is 5.95. The number of nitrogens with zero attached hydrogens (tertiary/aromatic N) is 3. The van der Waals surface area contributed by atoms with Crippen LogP contribution in [-0.2, 0) is 4.79 Å². The van der Waals surface area contributed by atoms with Gasteiger partial charge in [0.05, 0.1) is 11.0 Å². The monoisotopic (exact) mass is 487 g/mol. The Morgan fingerprint density at radius 3 is 2.48 bits per heavy atom. The van der Waals surface area contributed by atoms with Crippen molar-refractivity contribution < 1.29 is 4.79 Å². The van der Waals surface area contributed by atoms with Gasteiger partial charge in [-0.25, -0.2) is 4.98 Å². The van der Waals surface area contributed by atoms with Crippen LogP contribution in [0.2, 0.25) is 0 Å². The smallest absolute Gasteiger partial charge is 0.245 e. The third-order valence-electron chi connectivity index (χ3n) is 7.85. The Bertz CT molecular complexity index is 893. The number of carbonyl (C=O) groups excluding carboxylic acids is 1. The lowest BCUT2D eigenvalue weighted by Crippen LogP contribution is -2.44. The maximum absolute atomic E-state index is 13.8. The largest absolute Gasteiger partial charge is 0.338 e. The van der Waals surface area contributed by atoms with Gasteiger partial charge in [-0.05, 0) is 76.5 Å². The van der Waals surface area contributed by atoms with E-state index in [2.05, 4.69) is 64.4 Å². The SMILES string of the molecule is CCC1CCC(c2nc3ccc(Br)cc3n2C(C)C(=O)N(CC)C2CCCCC2)CC1. The average molecular weight is 489 g/mol. The van der Waals surface area contributed by atoms with Crippen molar-refractivity contribution in [2.75, 3.05) is 6.54 Å². The first kappa shape index (κ1) is 22.8. The van der Waals surface area contributed by atoms with Crippen LogP contribution >= 0.6 is 15.9 Å². The molecule has 1 amide bonds. The topological polar surface area (TPSA) is 38.1 Å². The van der Waals surface area contributed by atoms with E-state index in [-0.39, 0.29) is 11.9 Å². The van der Waals surface area contributed by atoms with Crippen LogP contribution < -0.4 is 0 Å². The number of rotatable bonds is 6. The number of fused-ring (bicyclic) bond motifs is 1. The van der Waals surface area contributed by atoms with E-state index in [1.807, 2.05) is 0 Å². The van der Waals surface area contributed by atoms with Gasteiger partial charge >= 0.3 is 0 Å². The first-order valence-corrected chi connectivity index (χ1v) is 13.3. The molecule has 2 saturated carbocycles. The van der Waals surface area contributed by atoms with Crippen LogP contribution in [0.5, 0.6) is 0 Å². The summed E-state index contributed by atoms with van der Waals surface area (Å²) in [7, 11) is 0. The molecule has 4 nitrogen and oxygen atoms in total. The van der Waals surface area contributed by atoms with Crippen molar-refractivity contribution in [1.82, 2.24) is 14.5 Å². The summed E-state index contributed by atoms with van der Waals surface area (Å²) in [6, 6.07) is 6.47. The molecule has 2 aliphatic carbocycles. The van der Waals surface area contributed by atoms with Gasteiger partial charge in [-0.1, -0.05) is 48.5 Å². The molecule has 0 N–H and O–H groups in total. The molecule has 2 fully saturated rings. The van der Waals surface area contributed by atoms with Crippen molar-refractivity contribution in [3.8, 4) is 0 Å². The second kappa shape index (κ2) is 10.1. The average Bonchev–Trinajstić information content (AvgIpc) is 3.18. The highest BCUT2D eigenvalue weighted by atomic mass is 79.9. The van der Waals surface area contributed by atoms with Crippen molar-refractivity contribution >= 4 is 32.9 Å². The number of benzene rings is 1. The molecule has 0 radical (unpaired) electrons. The quantitative estimate of drug-likeness (QED) is 0.430. The van der Waals surface area contributed by atoms with Crippen molar-refractivity contribution in [3.05, 3.63) is 28.5 Å². The van der Waals surface area contributed by atoms with Gasteiger partial charge in [-0.15, -0.1) is 0 Å². The van der Waals surface area contributed by atoms with Gasteiger partial charge in [0.1, 0.15) is 11.9 Å². The molecule has 0 spiro atoms. The number of carbonyl (C=O) groups is 1. The summed E-state index contributed by atoms with van der Waals surface area (Å²) in [5, 5.41) is 0. The second-order valence-electron chi connectivity index (χ2n) is 9.69. The van der Waals surface area contributed by atoms with E-state index < -0.39 is 0 Å². The van der Waals surface area contributed by atoms with E-state index in [0.717, 1.165) is 46.6 Å². The predicted octanol–water partition coefficient (Wildman–Crippen LogP) is 7.22. The standard InChI is InChI=1S/C26H38BrN3O/c1-4-19-11-13-20(14-12-19)25-28-23-16-15-21(27)17-24(23)30(25)18(3)26(31)29(5-2)22-9-7-6-8-10-22/h15-20,22H,4-14H2,1-3H3. The molecule has 0 bridgehead atoms. The third kappa shape index (κ3) is 4.72. The zero-order chi connectivity index (χ0) is 22.0. The summed E-state index contributed by atoms with van der Waals surface area (Å²) in [5.41, 5.74) is 2.10. The lowest BCUT2D eigenvalue weighted by atomic mass is 9.80. The summed E-state index contributed by atoms with van der Waals surface area (Å²) < 4.78 is 3.33. The molecular formula is C26H38BrN3O. The van der Waals surface area contributed by atoms with Gasteiger partial charge in [0.2, 0.25) is 5.91 Å². The summed E-state index contributed by atoms with van der Waals surface area (Å²) in [5.74, 6) is 2.69. The Hall–Kier alpha value is -1.36. The summed E-state index contributed by atoms with van der Waals surface area (Å²) in [4.78, 5) is 21.1. The molecule has 4 rings (SSSR count). The van der Waals surface area contributed by atoms with Gasteiger partial charge in [0.25, 0.3) is 0 Å². The van der Waals surface area contributed by atoms with E-state index in [9.17, 15) is 4.79 Å². The summed E-state index contributed by atoms with van der Waals surface area (Å²) in [6.45, 7) is 7.33. The molecule has 1 heterocycles. The number of imidazole rings is 1. The van der Waals surface area contributed by atoms with Crippen LogP contribution in [0.3, 0.4) is 0 Å². The highest BCUT2D eigenvalue weighted by Crippen LogP contribution is 2.39. The minimum Gasteiger partial charge on any atom is -0.338 e. The molecule has 0 saturated heterocycles. The van der Waals surface area contributed by atoms with E-state index in [0.29, 0.717) is 12.0 Å². The lowest BCUT2D eigenvalue weighted by Gasteiger charge is -2.36.